The Labute approximate surface area is 104 Å². The number of benzene rings is 1. The van der Waals surface area contributed by atoms with Gasteiger partial charge in [0.15, 0.2) is 0 Å². The number of nitrogens with one attached hydrogen (secondary N) is 1. The van der Waals surface area contributed by atoms with Crippen molar-refractivity contribution in [1.82, 2.24) is 9.88 Å². The second-order valence-electron chi connectivity index (χ2n) is 4.89. The molecule has 0 saturated heterocycles. The number of hydrogen-bond acceptors (Lipinski definition) is 1. The highest BCUT2D eigenvalue weighted by molar-refractivity contribution is 5.84. The monoisotopic (exact) mass is 230 g/mol. The molecule has 0 radical (unpaired) electrons. The lowest BCUT2D eigenvalue weighted by Crippen LogP contribution is -2.16. The van der Waals surface area contributed by atoms with Crippen LogP contribution in [0.25, 0.3) is 10.9 Å². The summed E-state index contributed by atoms with van der Waals surface area (Å²) in [6, 6.07) is 9.38. The Balaban J connectivity index is 2.58. The van der Waals surface area contributed by atoms with Crippen LogP contribution in [0.2, 0.25) is 0 Å². The van der Waals surface area contributed by atoms with E-state index in [2.05, 4.69) is 61.8 Å². The van der Waals surface area contributed by atoms with Crippen LogP contribution in [0.5, 0.6) is 0 Å². The lowest BCUT2D eigenvalue weighted by atomic mass is 10.1. The van der Waals surface area contributed by atoms with E-state index < -0.39 is 0 Å². The van der Waals surface area contributed by atoms with Gasteiger partial charge in [0.2, 0.25) is 0 Å². The van der Waals surface area contributed by atoms with Crippen molar-refractivity contribution in [1.29, 1.82) is 0 Å². The van der Waals surface area contributed by atoms with Crippen LogP contribution < -0.4 is 5.32 Å². The first kappa shape index (κ1) is 12.2. The fourth-order valence-electron chi connectivity index (χ4n) is 2.45. The summed E-state index contributed by atoms with van der Waals surface area (Å²) >= 11 is 0. The molecule has 0 aliphatic heterocycles. The lowest BCUT2D eigenvalue weighted by Gasteiger charge is -2.15. The molecule has 0 atom stereocenters. The van der Waals surface area contributed by atoms with Crippen LogP contribution in [0.15, 0.2) is 24.3 Å². The molecular weight excluding hydrogens is 208 g/mol. The Morgan fingerprint density at radius 2 is 2.06 bits per heavy atom. The lowest BCUT2D eigenvalue weighted by molar-refractivity contribution is 0.572. The zero-order chi connectivity index (χ0) is 12.4. The standard InChI is InChI=1S/C15H22N2/c1-5-16-10-13-9-14-12(4)7-6-8-15(14)17(13)11(2)3/h6-9,11,16H,5,10H2,1-4H3. The summed E-state index contributed by atoms with van der Waals surface area (Å²) in [6.07, 6.45) is 0. The molecule has 0 unspecified atom stereocenters. The largest absolute Gasteiger partial charge is 0.341 e. The second kappa shape index (κ2) is 4.92. The summed E-state index contributed by atoms with van der Waals surface area (Å²) in [5.74, 6) is 0. The molecule has 2 heteroatoms. The van der Waals surface area contributed by atoms with Crippen LogP contribution in [0.1, 0.15) is 38.1 Å². The van der Waals surface area contributed by atoms with E-state index in [0.29, 0.717) is 6.04 Å². The van der Waals surface area contributed by atoms with Crippen molar-refractivity contribution in [2.75, 3.05) is 6.54 Å². The Morgan fingerprint density at radius 3 is 2.71 bits per heavy atom. The molecule has 92 valence electrons. The van der Waals surface area contributed by atoms with E-state index in [-0.39, 0.29) is 0 Å². The van der Waals surface area contributed by atoms with Gasteiger partial charge in [-0.25, -0.2) is 0 Å². The third-order valence-corrected chi connectivity index (χ3v) is 3.25. The van der Waals surface area contributed by atoms with Crippen molar-refractivity contribution < 1.29 is 0 Å². The fourth-order valence-corrected chi connectivity index (χ4v) is 2.45. The van der Waals surface area contributed by atoms with Crippen molar-refractivity contribution in [3.05, 3.63) is 35.5 Å². The van der Waals surface area contributed by atoms with E-state index in [4.69, 9.17) is 0 Å². The summed E-state index contributed by atoms with van der Waals surface area (Å²) in [5, 5.41) is 4.80. The summed E-state index contributed by atoms with van der Waals surface area (Å²) in [6.45, 7) is 10.8. The third-order valence-electron chi connectivity index (χ3n) is 3.25. The summed E-state index contributed by atoms with van der Waals surface area (Å²) in [5.41, 5.74) is 4.10. The van der Waals surface area contributed by atoms with E-state index in [1.165, 1.54) is 22.2 Å². The molecule has 1 aromatic carbocycles. The summed E-state index contributed by atoms with van der Waals surface area (Å²) in [7, 11) is 0. The first-order chi connectivity index (χ1) is 8.15. The summed E-state index contributed by atoms with van der Waals surface area (Å²) in [4.78, 5) is 0. The maximum atomic E-state index is 3.42. The highest BCUT2D eigenvalue weighted by Crippen LogP contribution is 2.26. The smallest absolute Gasteiger partial charge is 0.0488 e. The van der Waals surface area contributed by atoms with Crippen molar-refractivity contribution in [3.63, 3.8) is 0 Å². The van der Waals surface area contributed by atoms with Crippen LogP contribution in [0.4, 0.5) is 0 Å². The minimum Gasteiger partial charge on any atom is -0.341 e. The zero-order valence-electron chi connectivity index (χ0n) is 11.2. The maximum absolute atomic E-state index is 3.42. The predicted octanol–water partition coefficient (Wildman–Crippen LogP) is 3.64. The second-order valence-corrected chi connectivity index (χ2v) is 4.89. The van der Waals surface area contributed by atoms with Gasteiger partial charge in [0, 0.05) is 29.2 Å². The van der Waals surface area contributed by atoms with E-state index in [1.54, 1.807) is 0 Å². The average Bonchev–Trinajstić information content (AvgIpc) is 2.66. The van der Waals surface area contributed by atoms with Gasteiger partial charge >= 0.3 is 0 Å². The molecule has 1 heterocycles. The fraction of sp³-hybridized carbons (Fsp3) is 0.467. The quantitative estimate of drug-likeness (QED) is 0.848. The number of rotatable bonds is 4. The minimum absolute atomic E-state index is 0.503. The zero-order valence-corrected chi connectivity index (χ0v) is 11.2. The third kappa shape index (κ3) is 2.22. The number of fused-ring (bicyclic) bond motifs is 1. The van der Waals surface area contributed by atoms with Gasteiger partial charge in [0.1, 0.15) is 0 Å². The Hall–Kier alpha value is -1.28. The van der Waals surface area contributed by atoms with Gasteiger partial charge < -0.3 is 9.88 Å². The van der Waals surface area contributed by atoms with Crippen LogP contribution in [0, 0.1) is 6.92 Å². The SMILES string of the molecule is CCNCc1cc2c(C)cccc2n1C(C)C. The van der Waals surface area contributed by atoms with E-state index in [0.717, 1.165) is 13.1 Å². The molecule has 1 aromatic heterocycles. The topological polar surface area (TPSA) is 17.0 Å². The Bertz CT molecular complexity index is 509. The molecule has 2 nitrogen and oxygen atoms in total. The van der Waals surface area contributed by atoms with Gasteiger partial charge in [-0.3, -0.25) is 0 Å². The van der Waals surface area contributed by atoms with Gasteiger partial charge in [0.25, 0.3) is 0 Å². The van der Waals surface area contributed by atoms with Crippen molar-refractivity contribution in [3.8, 4) is 0 Å². The molecule has 0 fully saturated rings. The van der Waals surface area contributed by atoms with E-state index in [1.807, 2.05) is 0 Å². The van der Waals surface area contributed by atoms with E-state index >= 15 is 0 Å². The molecule has 0 amide bonds. The maximum Gasteiger partial charge on any atom is 0.0488 e. The molecule has 2 rings (SSSR count). The van der Waals surface area contributed by atoms with Gasteiger partial charge in [0.05, 0.1) is 0 Å². The van der Waals surface area contributed by atoms with Gasteiger partial charge in [-0.2, -0.15) is 0 Å². The van der Waals surface area contributed by atoms with Crippen molar-refractivity contribution >= 4 is 10.9 Å². The molecular formula is C15H22N2. The Morgan fingerprint density at radius 1 is 1.29 bits per heavy atom. The number of aromatic nitrogens is 1. The van der Waals surface area contributed by atoms with Crippen LogP contribution >= 0.6 is 0 Å². The van der Waals surface area contributed by atoms with E-state index in [9.17, 15) is 0 Å². The minimum atomic E-state index is 0.503. The highest BCUT2D eigenvalue weighted by Gasteiger charge is 2.11. The van der Waals surface area contributed by atoms with Crippen molar-refractivity contribution in [2.24, 2.45) is 0 Å². The van der Waals surface area contributed by atoms with Gasteiger partial charge in [-0.1, -0.05) is 19.1 Å². The predicted molar refractivity (Wildman–Crippen MR) is 74.4 cm³/mol. The normalized spacial score (nSPS) is 11.6. The van der Waals surface area contributed by atoms with Crippen LogP contribution in [0.3, 0.4) is 0 Å². The number of aryl methyl sites for hydroxylation is 1. The van der Waals surface area contributed by atoms with Crippen LogP contribution in [-0.4, -0.2) is 11.1 Å². The van der Waals surface area contributed by atoms with Crippen LogP contribution in [-0.2, 0) is 6.54 Å². The molecule has 2 aromatic rings. The average molecular weight is 230 g/mol. The number of nitrogens with zero attached hydrogens (tertiary/aromatic N) is 1. The van der Waals surface area contributed by atoms with Crippen molar-refractivity contribution in [2.45, 2.75) is 40.3 Å². The molecule has 0 spiro atoms. The molecule has 0 bridgehead atoms. The molecule has 17 heavy (non-hydrogen) atoms. The Kier molecular flexibility index (Phi) is 3.53. The summed E-state index contributed by atoms with van der Waals surface area (Å²) < 4.78 is 2.44. The molecule has 1 N–H and O–H groups in total. The van der Waals surface area contributed by atoms with Gasteiger partial charge in [-0.05, 0) is 45.0 Å². The number of hydrogen-bond donors (Lipinski definition) is 1. The highest BCUT2D eigenvalue weighted by atomic mass is 15.0. The first-order valence-corrected chi connectivity index (χ1v) is 6.45. The van der Waals surface area contributed by atoms with Gasteiger partial charge in [-0.15, -0.1) is 0 Å². The molecule has 0 aliphatic rings. The molecule has 0 saturated carbocycles. The first-order valence-electron chi connectivity index (χ1n) is 6.45. The molecule has 0 aliphatic carbocycles.